The summed E-state index contributed by atoms with van der Waals surface area (Å²) in [7, 11) is 0. The van der Waals surface area contributed by atoms with Crippen LogP contribution in [0.4, 0.5) is 0 Å². The molecule has 1 unspecified atom stereocenters. The van der Waals surface area contributed by atoms with Crippen LogP contribution in [0.5, 0.6) is 0 Å². The lowest BCUT2D eigenvalue weighted by atomic mass is 9.78. The summed E-state index contributed by atoms with van der Waals surface area (Å²) >= 11 is 5.77. The zero-order valence-electron chi connectivity index (χ0n) is 8.50. The van der Waals surface area contributed by atoms with Gasteiger partial charge in [-0.2, -0.15) is 5.10 Å². The van der Waals surface area contributed by atoms with Gasteiger partial charge in [0, 0.05) is 0 Å². The van der Waals surface area contributed by atoms with Crippen LogP contribution in [0, 0.1) is 5.41 Å². The number of aromatic nitrogens is 2. The van der Waals surface area contributed by atoms with Crippen molar-refractivity contribution in [1.82, 2.24) is 10.2 Å². The number of hydrogen-bond donors (Lipinski definition) is 0. The SMILES string of the molecule is CC(c1cnnc(Cl)c1)C(C)(C)C. The van der Waals surface area contributed by atoms with Gasteiger partial charge in [0.05, 0.1) is 6.20 Å². The van der Waals surface area contributed by atoms with E-state index < -0.39 is 0 Å². The minimum absolute atomic E-state index is 0.229. The first-order valence-electron chi connectivity index (χ1n) is 4.39. The Hall–Kier alpha value is -0.630. The van der Waals surface area contributed by atoms with Crippen LogP contribution in [0.1, 0.15) is 39.2 Å². The highest BCUT2D eigenvalue weighted by molar-refractivity contribution is 6.29. The first kappa shape index (κ1) is 10.5. The van der Waals surface area contributed by atoms with Gasteiger partial charge in [-0.05, 0) is 23.0 Å². The third kappa shape index (κ3) is 2.66. The third-order valence-corrected chi connectivity index (χ3v) is 2.63. The van der Waals surface area contributed by atoms with E-state index in [4.69, 9.17) is 11.6 Å². The van der Waals surface area contributed by atoms with Gasteiger partial charge in [-0.25, -0.2) is 0 Å². The lowest BCUT2D eigenvalue weighted by molar-refractivity contribution is 0.338. The van der Waals surface area contributed by atoms with Crippen LogP contribution in [0.25, 0.3) is 0 Å². The summed E-state index contributed by atoms with van der Waals surface area (Å²) in [6.45, 7) is 8.78. The van der Waals surface area contributed by atoms with E-state index in [0.29, 0.717) is 11.1 Å². The van der Waals surface area contributed by atoms with Gasteiger partial charge >= 0.3 is 0 Å². The van der Waals surface area contributed by atoms with E-state index in [2.05, 4.69) is 37.9 Å². The van der Waals surface area contributed by atoms with E-state index in [1.807, 2.05) is 6.07 Å². The maximum atomic E-state index is 5.77. The summed E-state index contributed by atoms with van der Waals surface area (Å²) < 4.78 is 0. The second-order valence-corrected chi connectivity index (χ2v) is 4.79. The molecule has 0 bridgehead atoms. The largest absolute Gasteiger partial charge is 0.157 e. The smallest absolute Gasteiger partial charge is 0.151 e. The predicted molar refractivity (Wildman–Crippen MR) is 54.9 cm³/mol. The monoisotopic (exact) mass is 198 g/mol. The second kappa shape index (κ2) is 3.62. The zero-order chi connectivity index (χ0) is 10.1. The molecule has 1 aromatic heterocycles. The molecule has 0 spiro atoms. The Morgan fingerprint density at radius 3 is 2.46 bits per heavy atom. The molecule has 0 aliphatic carbocycles. The molecule has 2 nitrogen and oxygen atoms in total. The van der Waals surface area contributed by atoms with Crippen molar-refractivity contribution in [3.8, 4) is 0 Å². The molecule has 0 radical (unpaired) electrons. The van der Waals surface area contributed by atoms with Crippen molar-refractivity contribution in [3.05, 3.63) is 23.0 Å². The molecule has 0 amide bonds. The maximum absolute atomic E-state index is 5.77. The van der Waals surface area contributed by atoms with E-state index in [0.717, 1.165) is 5.56 Å². The van der Waals surface area contributed by atoms with Gasteiger partial charge in [0.25, 0.3) is 0 Å². The molecule has 0 fully saturated rings. The Balaban J connectivity index is 2.96. The molecule has 0 N–H and O–H groups in total. The fourth-order valence-corrected chi connectivity index (χ4v) is 1.26. The first-order valence-corrected chi connectivity index (χ1v) is 4.77. The predicted octanol–water partition coefficient (Wildman–Crippen LogP) is 3.28. The van der Waals surface area contributed by atoms with Crippen molar-refractivity contribution in [3.63, 3.8) is 0 Å². The Kier molecular flexibility index (Phi) is 2.91. The summed E-state index contributed by atoms with van der Waals surface area (Å²) in [6, 6.07) is 1.88. The number of nitrogens with zero attached hydrogens (tertiary/aromatic N) is 2. The van der Waals surface area contributed by atoms with E-state index in [9.17, 15) is 0 Å². The van der Waals surface area contributed by atoms with E-state index in [-0.39, 0.29) is 5.41 Å². The molecule has 72 valence electrons. The minimum Gasteiger partial charge on any atom is -0.157 e. The first-order chi connectivity index (χ1) is 5.91. The second-order valence-electron chi connectivity index (χ2n) is 4.40. The molecule has 1 aromatic rings. The molecule has 0 saturated carbocycles. The molecule has 0 aliphatic heterocycles. The highest BCUT2D eigenvalue weighted by atomic mass is 35.5. The fourth-order valence-electron chi connectivity index (χ4n) is 1.09. The Morgan fingerprint density at radius 2 is 2.00 bits per heavy atom. The molecule has 13 heavy (non-hydrogen) atoms. The van der Waals surface area contributed by atoms with Gasteiger partial charge in [-0.15, -0.1) is 5.10 Å². The maximum Gasteiger partial charge on any atom is 0.151 e. The van der Waals surface area contributed by atoms with E-state index in [1.165, 1.54) is 0 Å². The standard InChI is InChI=1S/C10H15ClN2/c1-7(10(2,3)4)8-5-9(11)13-12-6-8/h5-7H,1-4H3. The van der Waals surface area contributed by atoms with Crippen LogP contribution in [-0.2, 0) is 0 Å². The lowest BCUT2D eigenvalue weighted by Gasteiger charge is -2.27. The summed E-state index contributed by atoms with van der Waals surface area (Å²) in [4.78, 5) is 0. The topological polar surface area (TPSA) is 25.8 Å². The van der Waals surface area contributed by atoms with Gasteiger partial charge in [0.15, 0.2) is 5.15 Å². The van der Waals surface area contributed by atoms with Crippen molar-refractivity contribution < 1.29 is 0 Å². The van der Waals surface area contributed by atoms with Crippen molar-refractivity contribution in [1.29, 1.82) is 0 Å². The van der Waals surface area contributed by atoms with Crippen molar-refractivity contribution >= 4 is 11.6 Å². The average molecular weight is 199 g/mol. The van der Waals surface area contributed by atoms with Crippen LogP contribution in [0.3, 0.4) is 0 Å². The summed E-state index contributed by atoms with van der Waals surface area (Å²) in [6.07, 6.45) is 1.78. The average Bonchev–Trinajstić information content (AvgIpc) is 2.01. The summed E-state index contributed by atoms with van der Waals surface area (Å²) in [5, 5.41) is 8.02. The van der Waals surface area contributed by atoms with Crippen LogP contribution >= 0.6 is 11.6 Å². The zero-order valence-corrected chi connectivity index (χ0v) is 9.26. The number of hydrogen-bond acceptors (Lipinski definition) is 2. The van der Waals surface area contributed by atoms with Gasteiger partial charge in [-0.1, -0.05) is 39.3 Å². The Morgan fingerprint density at radius 1 is 1.38 bits per heavy atom. The van der Waals surface area contributed by atoms with Crippen LogP contribution in [-0.4, -0.2) is 10.2 Å². The summed E-state index contributed by atoms with van der Waals surface area (Å²) in [5.41, 5.74) is 1.37. The Labute approximate surface area is 84.3 Å². The molecule has 1 rings (SSSR count). The molecule has 0 saturated heterocycles. The fraction of sp³-hybridized carbons (Fsp3) is 0.600. The third-order valence-electron chi connectivity index (χ3n) is 2.44. The molecular formula is C10H15ClN2. The lowest BCUT2D eigenvalue weighted by Crippen LogP contribution is -2.15. The molecular weight excluding hydrogens is 184 g/mol. The van der Waals surface area contributed by atoms with Gasteiger partial charge in [-0.3, -0.25) is 0 Å². The van der Waals surface area contributed by atoms with Crippen molar-refractivity contribution in [2.45, 2.75) is 33.6 Å². The molecule has 1 heterocycles. The highest BCUT2D eigenvalue weighted by Crippen LogP contribution is 2.34. The molecule has 1 atom stereocenters. The molecule has 0 aromatic carbocycles. The van der Waals surface area contributed by atoms with Gasteiger partial charge in [0.2, 0.25) is 0 Å². The minimum atomic E-state index is 0.229. The van der Waals surface area contributed by atoms with Crippen molar-refractivity contribution in [2.24, 2.45) is 5.41 Å². The van der Waals surface area contributed by atoms with E-state index in [1.54, 1.807) is 6.20 Å². The molecule has 0 aliphatic rings. The van der Waals surface area contributed by atoms with Crippen LogP contribution < -0.4 is 0 Å². The normalized spacial score (nSPS) is 14.2. The van der Waals surface area contributed by atoms with Gasteiger partial charge in [0.1, 0.15) is 0 Å². The Bertz CT molecular complexity index is 291. The number of halogens is 1. The van der Waals surface area contributed by atoms with Crippen molar-refractivity contribution in [2.75, 3.05) is 0 Å². The van der Waals surface area contributed by atoms with E-state index >= 15 is 0 Å². The quantitative estimate of drug-likeness (QED) is 0.692. The van der Waals surface area contributed by atoms with Crippen LogP contribution in [0.15, 0.2) is 12.3 Å². The van der Waals surface area contributed by atoms with Gasteiger partial charge < -0.3 is 0 Å². The van der Waals surface area contributed by atoms with Crippen LogP contribution in [0.2, 0.25) is 5.15 Å². The summed E-state index contributed by atoms with van der Waals surface area (Å²) in [5.74, 6) is 0.431. The highest BCUT2D eigenvalue weighted by Gasteiger charge is 2.22. The molecule has 3 heteroatoms. The number of rotatable bonds is 1.